The molecule has 0 saturated carbocycles. The monoisotopic (exact) mass is 1400 g/mol. The molecule has 1 aliphatic rings. The minimum absolute atomic E-state index is 0.115. The summed E-state index contributed by atoms with van der Waals surface area (Å²) in [5, 5.41) is 53.0. The Labute approximate surface area is 600 Å². The Morgan fingerprint density at radius 1 is 0.515 bits per heavy atom. The van der Waals surface area contributed by atoms with Crippen LogP contribution in [0.2, 0.25) is 5.02 Å². The van der Waals surface area contributed by atoms with Gasteiger partial charge in [-0.3, -0.25) is 4.79 Å². The number of rotatable bonds is 14. The van der Waals surface area contributed by atoms with Gasteiger partial charge in [-0.05, 0) is 58.2 Å². The second kappa shape index (κ2) is 45.8. The molecule has 0 unspecified atom stereocenters. The van der Waals surface area contributed by atoms with E-state index < -0.39 is 0 Å². The largest absolute Gasteiger partial charge is 0.505 e. The number of methoxy groups -OCH3 is 1. The number of aromatic nitrogens is 16. The van der Waals surface area contributed by atoms with Crippen LogP contribution in [0.3, 0.4) is 0 Å². The van der Waals surface area contributed by atoms with E-state index in [0.717, 1.165) is 66.3 Å². The molecule has 9 rings (SSSR count). The number of nitrogen functional groups attached to an aromatic ring is 1. The van der Waals surface area contributed by atoms with Crippen molar-refractivity contribution in [3.63, 3.8) is 0 Å². The number of carbonyl (C=O) groups is 1. The molecule has 9 heterocycles. The lowest BCUT2D eigenvalue weighted by atomic mass is 10.1. The third-order valence-corrected chi connectivity index (χ3v) is 13.4. The number of hydrogen-bond donors (Lipinski definition) is 5. The average molecular weight is 1400 g/mol. The highest BCUT2D eigenvalue weighted by molar-refractivity contribution is 6.31. The zero-order valence-electron chi connectivity index (χ0n) is 62.1. The normalized spacial score (nSPS) is 11.3. The van der Waals surface area contributed by atoms with Gasteiger partial charge < -0.3 is 36.3 Å². The Morgan fingerprint density at radius 2 is 0.901 bits per heavy atom. The molecule has 1 aliphatic heterocycles. The zero-order valence-corrected chi connectivity index (χ0v) is 62.9. The van der Waals surface area contributed by atoms with Gasteiger partial charge in [-0.1, -0.05) is 122 Å². The van der Waals surface area contributed by atoms with Crippen molar-refractivity contribution in [2.75, 3.05) is 36.6 Å². The lowest BCUT2D eigenvalue weighted by Crippen LogP contribution is -2.34. The van der Waals surface area contributed by atoms with Gasteiger partial charge in [0, 0.05) is 79.2 Å². The van der Waals surface area contributed by atoms with Crippen molar-refractivity contribution in [2.45, 2.75) is 211 Å². The first-order valence-corrected chi connectivity index (χ1v) is 33.5. The highest BCUT2D eigenvalue weighted by atomic mass is 35.5. The Bertz CT molecular complexity index is 3870. The second-order valence-corrected chi connectivity index (χ2v) is 25.8. The van der Waals surface area contributed by atoms with Crippen LogP contribution < -0.4 is 31.2 Å². The van der Waals surface area contributed by atoms with Crippen molar-refractivity contribution in [3.05, 3.63) is 154 Å². The molecule has 1 amide bonds. The van der Waals surface area contributed by atoms with E-state index in [9.17, 15) is 4.79 Å². The van der Waals surface area contributed by atoms with Gasteiger partial charge in [0.1, 0.15) is 99.5 Å². The fraction of sp³-hybridized carbons (Fsp3) is 0.486. The van der Waals surface area contributed by atoms with E-state index in [1.165, 1.54) is 31.7 Å². The smallest absolute Gasteiger partial charge is 0.316 e. The third-order valence-electron chi connectivity index (χ3n) is 13.1. The zero-order chi connectivity index (χ0) is 75.9. The fourth-order valence-electron chi connectivity index (χ4n) is 7.57. The predicted molar refractivity (Wildman–Crippen MR) is 390 cm³/mol. The Balaban J connectivity index is 0.000000395. The number of amides is 1. The van der Waals surface area contributed by atoms with Gasteiger partial charge in [-0.25, -0.2) is 74.8 Å². The van der Waals surface area contributed by atoms with E-state index in [1.807, 2.05) is 121 Å². The molecule has 0 atom stereocenters. The minimum atomic E-state index is -0.250. The number of aromatic hydroxyl groups is 1. The second-order valence-electron chi connectivity index (χ2n) is 25.4. The molecule has 28 nitrogen and oxygen atoms in total. The van der Waals surface area contributed by atoms with Gasteiger partial charge in [-0.2, -0.15) is 26.0 Å². The molecular weight excluding hydrogens is 1300 g/mol. The number of piperidine rings is 1. The fourth-order valence-corrected chi connectivity index (χ4v) is 7.88. The van der Waals surface area contributed by atoms with E-state index in [4.69, 9.17) is 53.0 Å². The third kappa shape index (κ3) is 33.2. The highest BCUT2D eigenvalue weighted by Crippen LogP contribution is 2.25. The summed E-state index contributed by atoms with van der Waals surface area (Å²) >= 11 is 6.04. The summed E-state index contributed by atoms with van der Waals surface area (Å²) < 4.78 is 10.7. The summed E-state index contributed by atoms with van der Waals surface area (Å²) in [5.41, 5.74) is 9.07. The van der Waals surface area contributed by atoms with Crippen LogP contribution in [0.5, 0.6) is 17.5 Å². The number of aryl methyl sites for hydroxylation is 1. The van der Waals surface area contributed by atoms with Gasteiger partial charge in [-0.15, -0.1) is 0 Å². The van der Waals surface area contributed by atoms with Crippen LogP contribution in [0.15, 0.2) is 74.4 Å². The Hall–Kier alpha value is -10.7. The Kier molecular flexibility index (Phi) is 39.2. The van der Waals surface area contributed by atoms with Crippen LogP contribution in [-0.4, -0.2) is 123 Å². The maximum absolute atomic E-state index is 10.9. The number of halogens is 1. The molecule has 8 aromatic rings. The minimum Gasteiger partial charge on any atom is -0.505 e. The van der Waals surface area contributed by atoms with Crippen LogP contribution in [0.4, 0.5) is 17.5 Å². The number of carbonyl (C=O) groups excluding carboxylic acids is 1. The number of nitrogens with two attached hydrogens (primary N) is 1. The van der Waals surface area contributed by atoms with E-state index in [-0.39, 0.29) is 64.7 Å². The first-order chi connectivity index (χ1) is 47.8. The van der Waals surface area contributed by atoms with E-state index in [2.05, 4.69) is 143 Å². The number of hydrogen-bond acceptors (Lipinski definition) is 27. The molecule has 0 spiro atoms. The van der Waals surface area contributed by atoms with Crippen LogP contribution in [0.25, 0.3) is 0 Å². The van der Waals surface area contributed by atoms with E-state index >= 15 is 0 Å². The molecule has 8 aromatic heterocycles. The topological polar surface area (TPSA) is 419 Å². The molecular formula is C72H99ClN24O4. The molecule has 0 bridgehead atoms. The maximum atomic E-state index is 10.9. The van der Waals surface area contributed by atoms with Crippen LogP contribution >= 0.6 is 11.6 Å². The Morgan fingerprint density at radius 3 is 1.29 bits per heavy atom. The van der Waals surface area contributed by atoms with Crippen molar-refractivity contribution in [1.29, 1.82) is 21.0 Å². The molecule has 6 N–H and O–H groups in total. The van der Waals surface area contributed by atoms with Gasteiger partial charge in [0.05, 0.1) is 73.0 Å². The van der Waals surface area contributed by atoms with Crippen LogP contribution in [0.1, 0.15) is 266 Å². The van der Waals surface area contributed by atoms with E-state index in [1.54, 1.807) is 44.3 Å². The summed E-state index contributed by atoms with van der Waals surface area (Å²) in [6.07, 6.45) is 21.3. The molecule has 1 fully saturated rings. The van der Waals surface area contributed by atoms with Crippen molar-refractivity contribution >= 4 is 35.0 Å². The summed E-state index contributed by atoms with van der Waals surface area (Å²) in [4.78, 5) is 76.4. The number of nitrogens with one attached hydrogen (secondary N) is 3. The van der Waals surface area contributed by atoms with Crippen molar-refractivity contribution < 1.29 is 19.4 Å². The SMILES string of the molecule is CC(=O)Nc1nc(C(C)C)ncc1C#N.CC(C)Nc1nc(C(C)C)ncc1C#N.CC(C)c1nc(OC2CCNCC2)ncc1Cl.CC(C)c1ncc(C#N)c(N)n1.CC(C)c1ncc(C#N)cn1.CC(C)c1ncc(O)cn1.COc1cnc(C(C)C)nc1.Cc1cnc(C(C)C)nc1. The molecule has 101 heavy (non-hydrogen) atoms. The lowest BCUT2D eigenvalue weighted by molar-refractivity contribution is -0.114. The van der Waals surface area contributed by atoms with Crippen LogP contribution in [-0.2, 0) is 4.79 Å². The molecule has 0 aromatic carbocycles. The summed E-state index contributed by atoms with van der Waals surface area (Å²) in [6, 6.07) is 8.59. The predicted octanol–water partition coefficient (Wildman–Crippen LogP) is 13.5. The molecule has 1 saturated heterocycles. The van der Waals surface area contributed by atoms with Crippen molar-refractivity contribution in [3.8, 4) is 41.8 Å². The summed E-state index contributed by atoms with van der Waals surface area (Å²) in [5.74, 6) is 9.49. The standard InChI is InChI=1S/C12H18ClN3O.C11H16N4.C10H12N4O.C8H10N4.C8H9N3.C8H12N2O.C8H12N2.C7H10N2O/c1-8(2)11-10(13)7-15-12(16-11)17-9-3-5-14-6-4-9;1-7(2)10-13-6-9(5-12)11(15-10)14-8(3)4;1-6(2)9-12-5-8(4-11)10(14-9)13-7(3)15;1-5(2)8-11-4-6(3-9)7(10)12-8;1-6(2)8-10-4-7(3-9)5-11-8;1-6(2)8-9-4-7(11-3)5-10-8;1-6(2)8-9-4-7(3)5-10-8;1-5(2)7-8-3-6(10)4-9-7/h7-9,14H,3-6H2,1-2H3;6-8H,1-4H3,(H,13,14,15);5-6H,1-3H3,(H,12,13,14,15);4-5H,1-2H3,(H2,10,11,12);4-6H,1-2H3;4-6H,1-3H3;4-6H,1-3H3;3-5,10H,1-2H3. The first kappa shape index (κ1) is 86.4. The average Bonchev–Trinajstić information content (AvgIpc) is 0.871. The number of nitrogens with zero attached hydrogens (tertiary/aromatic N) is 20. The van der Waals surface area contributed by atoms with Gasteiger partial charge in [0.15, 0.2) is 17.3 Å². The molecule has 29 heteroatoms. The summed E-state index contributed by atoms with van der Waals surface area (Å²) in [6.45, 7) is 41.7. The van der Waals surface area contributed by atoms with Crippen LogP contribution in [0, 0.1) is 52.2 Å². The number of ether oxygens (including phenoxy) is 2. The molecule has 0 radical (unpaired) electrons. The van der Waals surface area contributed by atoms with Crippen molar-refractivity contribution in [1.82, 2.24) is 85.1 Å². The quantitative estimate of drug-likeness (QED) is 0.0675. The highest BCUT2D eigenvalue weighted by Gasteiger charge is 2.18. The van der Waals surface area contributed by atoms with Gasteiger partial charge in [0.2, 0.25) is 5.91 Å². The lowest BCUT2D eigenvalue weighted by Gasteiger charge is -2.23. The molecule has 0 aliphatic carbocycles. The number of anilines is 3. The van der Waals surface area contributed by atoms with E-state index in [0.29, 0.717) is 74.6 Å². The number of nitriles is 4. The van der Waals surface area contributed by atoms with Gasteiger partial charge in [0.25, 0.3) is 0 Å². The first-order valence-electron chi connectivity index (χ1n) is 33.2. The van der Waals surface area contributed by atoms with Crippen molar-refractivity contribution in [2.24, 2.45) is 0 Å². The maximum Gasteiger partial charge on any atom is 0.316 e. The van der Waals surface area contributed by atoms with Gasteiger partial charge >= 0.3 is 6.01 Å². The molecule has 538 valence electrons. The summed E-state index contributed by atoms with van der Waals surface area (Å²) in [7, 11) is 1.60.